The summed E-state index contributed by atoms with van der Waals surface area (Å²) in [5.74, 6) is 1.05. The van der Waals surface area contributed by atoms with Crippen molar-refractivity contribution in [1.29, 1.82) is 0 Å². The molecule has 100 valence electrons. The molecule has 18 heavy (non-hydrogen) atoms. The Bertz CT molecular complexity index is 395. The minimum Gasteiger partial charge on any atom is -0.396 e. The third kappa shape index (κ3) is 2.82. The second-order valence-electron chi connectivity index (χ2n) is 4.99. The first-order chi connectivity index (χ1) is 8.76. The second kappa shape index (κ2) is 6.16. The van der Waals surface area contributed by atoms with Gasteiger partial charge in [-0.05, 0) is 38.7 Å². The molecule has 4 heteroatoms. The number of nitrogens with zero attached hydrogens (tertiary/aromatic N) is 2. The molecule has 4 nitrogen and oxygen atoms in total. The third-order valence-corrected chi connectivity index (χ3v) is 3.66. The normalized spacial score (nSPS) is 19.5. The Hall–Kier alpha value is -1.13. The number of hydrogen-bond donors (Lipinski definition) is 2. The first kappa shape index (κ1) is 13.3. The highest BCUT2D eigenvalue weighted by Gasteiger charge is 2.26. The van der Waals surface area contributed by atoms with Gasteiger partial charge in [0.1, 0.15) is 5.82 Å². The average molecular weight is 249 g/mol. The van der Waals surface area contributed by atoms with Crippen LogP contribution < -0.4 is 10.6 Å². The van der Waals surface area contributed by atoms with Gasteiger partial charge in [-0.2, -0.15) is 0 Å². The lowest BCUT2D eigenvalue weighted by molar-refractivity contribution is 0.279. The molecule has 0 bridgehead atoms. The van der Waals surface area contributed by atoms with Crippen molar-refractivity contribution in [3.63, 3.8) is 0 Å². The molecule has 1 fully saturated rings. The van der Waals surface area contributed by atoms with Crippen LogP contribution in [-0.2, 0) is 6.54 Å². The number of anilines is 1. The Morgan fingerprint density at radius 2 is 2.33 bits per heavy atom. The molecular weight excluding hydrogens is 226 g/mol. The van der Waals surface area contributed by atoms with Crippen molar-refractivity contribution in [2.24, 2.45) is 5.73 Å². The maximum absolute atomic E-state index is 8.97. The van der Waals surface area contributed by atoms with Crippen LogP contribution in [0, 0.1) is 6.92 Å². The zero-order valence-corrected chi connectivity index (χ0v) is 11.1. The molecule has 1 aromatic heterocycles. The van der Waals surface area contributed by atoms with E-state index in [0.717, 1.165) is 36.5 Å². The summed E-state index contributed by atoms with van der Waals surface area (Å²) in [6, 6.07) is 4.61. The average Bonchev–Trinajstić information content (AvgIpc) is 2.84. The van der Waals surface area contributed by atoms with E-state index in [1.807, 2.05) is 13.0 Å². The van der Waals surface area contributed by atoms with E-state index in [0.29, 0.717) is 12.6 Å². The van der Waals surface area contributed by atoms with Crippen LogP contribution in [-0.4, -0.2) is 29.3 Å². The number of rotatable bonds is 5. The monoisotopic (exact) mass is 249 g/mol. The van der Waals surface area contributed by atoms with Crippen LogP contribution in [0.25, 0.3) is 0 Å². The molecule has 1 atom stereocenters. The highest BCUT2D eigenvalue weighted by molar-refractivity contribution is 5.49. The van der Waals surface area contributed by atoms with Gasteiger partial charge in [0.2, 0.25) is 0 Å². The Morgan fingerprint density at radius 1 is 1.50 bits per heavy atom. The maximum Gasteiger partial charge on any atom is 0.133 e. The number of aryl methyl sites for hydroxylation is 1. The van der Waals surface area contributed by atoms with Crippen molar-refractivity contribution in [2.75, 3.05) is 18.1 Å². The molecule has 2 rings (SSSR count). The lowest BCUT2D eigenvalue weighted by atomic mass is 10.1. The molecule has 1 unspecified atom stereocenters. The number of aromatic nitrogens is 1. The van der Waals surface area contributed by atoms with E-state index in [1.165, 1.54) is 12.8 Å². The molecular formula is C14H23N3O. The lowest BCUT2D eigenvalue weighted by Crippen LogP contribution is -2.31. The van der Waals surface area contributed by atoms with E-state index in [1.54, 1.807) is 0 Å². The zero-order chi connectivity index (χ0) is 13.0. The third-order valence-electron chi connectivity index (χ3n) is 3.66. The predicted octanol–water partition coefficient (Wildman–Crippen LogP) is 1.59. The van der Waals surface area contributed by atoms with Gasteiger partial charge >= 0.3 is 0 Å². The summed E-state index contributed by atoms with van der Waals surface area (Å²) >= 11 is 0. The lowest BCUT2D eigenvalue weighted by Gasteiger charge is -2.27. The van der Waals surface area contributed by atoms with Crippen LogP contribution in [0.15, 0.2) is 12.1 Å². The van der Waals surface area contributed by atoms with Gasteiger partial charge in [0.05, 0.1) is 0 Å². The number of pyridine rings is 1. The van der Waals surface area contributed by atoms with Crippen LogP contribution in [0.3, 0.4) is 0 Å². The largest absolute Gasteiger partial charge is 0.396 e. The van der Waals surface area contributed by atoms with E-state index < -0.39 is 0 Å². The summed E-state index contributed by atoms with van der Waals surface area (Å²) < 4.78 is 0. The minimum absolute atomic E-state index is 0.273. The van der Waals surface area contributed by atoms with Gasteiger partial charge in [-0.1, -0.05) is 6.07 Å². The summed E-state index contributed by atoms with van der Waals surface area (Å²) in [6.45, 7) is 3.88. The number of nitrogens with two attached hydrogens (primary N) is 1. The van der Waals surface area contributed by atoms with E-state index in [2.05, 4.69) is 16.0 Å². The molecule has 0 radical (unpaired) electrons. The van der Waals surface area contributed by atoms with Crippen LogP contribution in [0.5, 0.6) is 0 Å². The highest BCUT2D eigenvalue weighted by Crippen LogP contribution is 2.29. The first-order valence-corrected chi connectivity index (χ1v) is 6.80. The van der Waals surface area contributed by atoms with Gasteiger partial charge in [-0.15, -0.1) is 0 Å². The SMILES string of the molecule is Cc1ccc(CN)c(N2CCCC2CCCO)n1. The Morgan fingerprint density at radius 3 is 3.06 bits per heavy atom. The van der Waals surface area contributed by atoms with Gasteiger partial charge < -0.3 is 15.7 Å². The van der Waals surface area contributed by atoms with Crippen molar-refractivity contribution in [1.82, 2.24) is 4.98 Å². The molecule has 1 aromatic rings. The Kier molecular flexibility index (Phi) is 4.55. The fourth-order valence-corrected chi connectivity index (χ4v) is 2.72. The number of aliphatic hydroxyl groups is 1. The van der Waals surface area contributed by atoms with Crippen LogP contribution >= 0.6 is 0 Å². The topological polar surface area (TPSA) is 62.4 Å². The zero-order valence-electron chi connectivity index (χ0n) is 11.1. The molecule has 2 heterocycles. The molecule has 1 aliphatic rings. The van der Waals surface area contributed by atoms with Gasteiger partial charge in [-0.25, -0.2) is 4.98 Å². The molecule has 1 saturated heterocycles. The highest BCUT2D eigenvalue weighted by atomic mass is 16.2. The molecule has 0 saturated carbocycles. The van der Waals surface area contributed by atoms with E-state index in [4.69, 9.17) is 10.8 Å². The first-order valence-electron chi connectivity index (χ1n) is 6.80. The predicted molar refractivity (Wildman–Crippen MR) is 73.6 cm³/mol. The smallest absolute Gasteiger partial charge is 0.133 e. The van der Waals surface area contributed by atoms with Crippen molar-refractivity contribution >= 4 is 5.82 Å². The fraction of sp³-hybridized carbons (Fsp3) is 0.643. The molecule has 0 spiro atoms. The van der Waals surface area contributed by atoms with Gasteiger partial charge in [-0.3, -0.25) is 0 Å². The van der Waals surface area contributed by atoms with Crippen LogP contribution in [0.2, 0.25) is 0 Å². The van der Waals surface area contributed by atoms with E-state index in [9.17, 15) is 0 Å². The van der Waals surface area contributed by atoms with Crippen molar-refractivity contribution in [3.05, 3.63) is 23.4 Å². The van der Waals surface area contributed by atoms with Gasteiger partial charge in [0.25, 0.3) is 0 Å². The van der Waals surface area contributed by atoms with E-state index in [-0.39, 0.29) is 6.61 Å². The van der Waals surface area contributed by atoms with Crippen molar-refractivity contribution in [2.45, 2.75) is 45.2 Å². The van der Waals surface area contributed by atoms with Crippen LogP contribution in [0.1, 0.15) is 36.9 Å². The number of aliphatic hydroxyl groups excluding tert-OH is 1. The molecule has 0 aromatic carbocycles. The van der Waals surface area contributed by atoms with Gasteiger partial charge in [0, 0.05) is 37.0 Å². The minimum atomic E-state index is 0.273. The van der Waals surface area contributed by atoms with Crippen molar-refractivity contribution < 1.29 is 5.11 Å². The van der Waals surface area contributed by atoms with Crippen molar-refractivity contribution in [3.8, 4) is 0 Å². The molecule has 1 aliphatic heterocycles. The quantitative estimate of drug-likeness (QED) is 0.832. The summed E-state index contributed by atoms with van der Waals surface area (Å²) in [6.07, 6.45) is 4.30. The summed E-state index contributed by atoms with van der Waals surface area (Å²) in [7, 11) is 0. The van der Waals surface area contributed by atoms with E-state index >= 15 is 0 Å². The number of hydrogen-bond acceptors (Lipinski definition) is 4. The summed E-state index contributed by atoms with van der Waals surface area (Å²) in [5.41, 5.74) is 7.97. The standard InChI is InChI=1S/C14H23N3O/c1-11-6-7-12(10-15)14(16-11)17-8-2-4-13(17)5-3-9-18/h6-7,13,18H,2-5,8-10,15H2,1H3. The Labute approximate surface area is 109 Å². The molecule has 3 N–H and O–H groups in total. The fourth-order valence-electron chi connectivity index (χ4n) is 2.72. The maximum atomic E-state index is 8.97. The summed E-state index contributed by atoms with van der Waals surface area (Å²) in [5, 5.41) is 8.97. The van der Waals surface area contributed by atoms with Gasteiger partial charge in [0.15, 0.2) is 0 Å². The molecule has 0 aliphatic carbocycles. The molecule has 0 amide bonds. The summed E-state index contributed by atoms with van der Waals surface area (Å²) in [4.78, 5) is 7.05. The second-order valence-corrected chi connectivity index (χ2v) is 4.99. The van der Waals surface area contributed by atoms with Crippen LogP contribution in [0.4, 0.5) is 5.82 Å². The Balaban J connectivity index is 2.20.